The Morgan fingerprint density at radius 1 is 1.22 bits per heavy atom. The van der Waals surface area contributed by atoms with Crippen LogP contribution in [-0.2, 0) is 19.6 Å². The molecule has 2 N–H and O–H groups in total. The van der Waals surface area contributed by atoms with E-state index in [1.54, 1.807) is 30.3 Å². The van der Waals surface area contributed by atoms with Crippen molar-refractivity contribution >= 4 is 21.9 Å². The Morgan fingerprint density at radius 3 is 2.26 bits per heavy atom. The Morgan fingerprint density at radius 2 is 1.78 bits per heavy atom. The van der Waals surface area contributed by atoms with Crippen LogP contribution in [0.3, 0.4) is 0 Å². The van der Waals surface area contributed by atoms with E-state index in [2.05, 4.69) is 5.32 Å². The number of hydrogen-bond donors (Lipinski definition) is 2. The lowest BCUT2D eigenvalue weighted by Crippen LogP contribution is -2.44. The molecular weight excluding hydrogens is 320 g/mol. The van der Waals surface area contributed by atoms with Gasteiger partial charge in [0.25, 0.3) is 0 Å². The van der Waals surface area contributed by atoms with Crippen molar-refractivity contribution in [3.8, 4) is 0 Å². The monoisotopic (exact) mass is 340 g/mol. The van der Waals surface area contributed by atoms with E-state index in [9.17, 15) is 23.1 Å². The largest absolute Gasteiger partial charge is 0.479 e. The van der Waals surface area contributed by atoms with E-state index in [1.165, 1.54) is 4.31 Å². The molecule has 0 bridgehead atoms. The number of benzene rings is 1. The van der Waals surface area contributed by atoms with Crippen molar-refractivity contribution in [1.82, 2.24) is 9.62 Å². The van der Waals surface area contributed by atoms with Gasteiger partial charge in [-0.05, 0) is 18.4 Å². The van der Waals surface area contributed by atoms with Crippen molar-refractivity contribution in [2.24, 2.45) is 5.92 Å². The van der Waals surface area contributed by atoms with Crippen molar-refractivity contribution in [1.29, 1.82) is 0 Å². The van der Waals surface area contributed by atoms with E-state index in [0.29, 0.717) is 18.4 Å². The van der Waals surface area contributed by atoms with Crippen LogP contribution in [0.2, 0.25) is 0 Å². The van der Waals surface area contributed by atoms with Crippen molar-refractivity contribution in [2.75, 3.05) is 19.3 Å². The summed E-state index contributed by atoms with van der Waals surface area (Å²) < 4.78 is 24.3. The van der Waals surface area contributed by atoms with Gasteiger partial charge in [0.1, 0.15) is 0 Å². The smallest absolute Gasteiger partial charge is 0.330 e. The van der Waals surface area contributed by atoms with Crippen LogP contribution in [0.25, 0.3) is 0 Å². The first-order valence-corrected chi connectivity index (χ1v) is 9.17. The number of rotatable bonds is 5. The number of aliphatic carboxylic acids is 1. The summed E-state index contributed by atoms with van der Waals surface area (Å²) in [6, 6.07) is 7.38. The lowest BCUT2D eigenvalue weighted by atomic mass is 9.96. The minimum Gasteiger partial charge on any atom is -0.479 e. The van der Waals surface area contributed by atoms with Crippen LogP contribution in [0, 0.1) is 5.92 Å². The van der Waals surface area contributed by atoms with E-state index >= 15 is 0 Å². The molecule has 8 heteroatoms. The molecule has 2 rings (SSSR count). The molecule has 1 aliphatic rings. The van der Waals surface area contributed by atoms with Crippen LogP contribution in [0.4, 0.5) is 0 Å². The zero-order valence-corrected chi connectivity index (χ0v) is 13.6. The predicted octanol–water partition coefficient (Wildman–Crippen LogP) is 0.600. The second-order valence-electron chi connectivity index (χ2n) is 5.63. The van der Waals surface area contributed by atoms with Crippen LogP contribution in [0.15, 0.2) is 30.3 Å². The molecule has 1 aromatic carbocycles. The molecule has 23 heavy (non-hydrogen) atoms. The zero-order valence-electron chi connectivity index (χ0n) is 12.8. The minimum atomic E-state index is -3.25. The molecule has 1 fully saturated rings. The molecule has 126 valence electrons. The molecule has 1 amide bonds. The molecule has 0 aromatic heterocycles. The van der Waals surface area contributed by atoms with E-state index in [-0.39, 0.29) is 24.9 Å². The Balaban J connectivity index is 2.00. The first-order chi connectivity index (χ1) is 10.8. The third kappa shape index (κ3) is 4.52. The van der Waals surface area contributed by atoms with Crippen LogP contribution < -0.4 is 5.32 Å². The average molecular weight is 340 g/mol. The normalized spacial score (nSPS) is 18.3. The third-order valence-corrected chi connectivity index (χ3v) is 5.26. The van der Waals surface area contributed by atoms with Gasteiger partial charge in [-0.3, -0.25) is 4.79 Å². The number of piperidine rings is 1. The lowest BCUT2D eigenvalue weighted by Gasteiger charge is -2.30. The summed E-state index contributed by atoms with van der Waals surface area (Å²) in [5.74, 6) is -1.86. The lowest BCUT2D eigenvalue weighted by molar-refractivity contribution is -0.142. The number of sulfonamides is 1. The standard InChI is InChI=1S/C15H20N2O5S/c1-23(21,22)17-9-7-12(8-10-17)14(18)16-13(15(19)20)11-5-3-2-4-6-11/h2-6,12-13H,7-10H2,1H3,(H,16,18)(H,19,20)/t13-/m1/s1. The Kier molecular flexibility index (Phi) is 5.38. The molecule has 0 spiro atoms. The fourth-order valence-electron chi connectivity index (χ4n) is 2.64. The molecule has 0 aliphatic carbocycles. The number of nitrogens with zero attached hydrogens (tertiary/aromatic N) is 1. The Bertz CT molecular complexity index is 666. The maximum Gasteiger partial charge on any atom is 0.330 e. The number of nitrogens with one attached hydrogen (secondary N) is 1. The van der Waals surface area contributed by atoms with Gasteiger partial charge in [0.2, 0.25) is 15.9 Å². The van der Waals surface area contributed by atoms with E-state index < -0.39 is 22.0 Å². The molecule has 1 aliphatic heterocycles. The van der Waals surface area contributed by atoms with Crippen molar-refractivity contribution in [3.63, 3.8) is 0 Å². The zero-order chi connectivity index (χ0) is 17.0. The molecule has 0 unspecified atom stereocenters. The Labute approximate surface area is 135 Å². The SMILES string of the molecule is CS(=O)(=O)N1CCC(C(=O)N[C@@H](C(=O)O)c2ccccc2)CC1. The maximum atomic E-state index is 12.3. The van der Waals surface area contributed by atoms with Gasteiger partial charge in [0.05, 0.1) is 6.26 Å². The maximum absolute atomic E-state index is 12.3. The van der Waals surface area contributed by atoms with Crippen molar-refractivity contribution in [3.05, 3.63) is 35.9 Å². The van der Waals surface area contributed by atoms with Crippen molar-refractivity contribution in [2.45, 2.75) is 18.9 Å². The fourth-order valence-corrected chi connectivity index (χ4v) is 3.52. The summed E-state index contributed by atoms with van der Waals surface area (Å²) in [7, 11) is -3.25. The Hall–Kier alpha value is -1.93. The fraction of sp³-hybridized carbons (Fsp3) is 0.467. The first kappa shape index (κ1) is 17.4. The second kappa shape index (κ2) is 7.10. The van der Waals surface area contributed by atoms with Gasteiger partial charge in [-0.25, -0.2) is 17.5 Å². The molecule has 0 radical (unpaired) electrons. The van der Waals surface area contributed by atoms with E-state index in [0.717, 1.165) is 6.26 Å². The first-order valence-electron chi connectivity index (χ1n) is 7.32. The van der Waals surface area contributed by atoms with Gasteiger partial charge >= 0.3 is 5.97 Å². The molecule has 1 aromatic rings. The average Bonchev–Trinajstić information content (AvgIpc) is 2.52. The summed E-state index contributed by atoms with van der Waals surface area (Å²) in [5, 5.41) is 11.9. The molecule has 0 saturated carbocycles. The summed E-state index contributed by atoms with van der Waals surface area (Å²) in [4.78, 5) is 23.7. The van der Waals surface area contributed by atoms with Crippen molar-refractivity contribution < 1.29 is 23.1 Å². The predicted molar refractivity (Wildman–Crippen MR) is 84.1 cm³/mol. The number of carboxylic acids is 1. The molecule has 1 saturated heterocycles. The topological polar surface area (TPSA) is 104 Å². The van der Waals surface area contributed by atoms with Gasteiger partial charge in [-0.1, -0.05) is 30.3 Å². The minimum absolute atomic E-state index is 0.278. The third-order valence-electron chi connectivity index (χ3n) is 3.96. The summed E-state index contributed by atoms with van der Waals surface area (Å²) in [6.45, 7) is 0.556. The summed E-state index contributed by atoms with van der Waals surface area (Å²) in [5.41, 5.74) is 0.502. The highest BCUT2D eigenvalue weighted by atomic mass is 32.2. The molecule has 7 nitrogen and oxygen atoms in total. The van der Waals surface area contributed by atoms with E-state index in [4.69, 9.17) is 0 Å². The molecular formula is C15H20N2O5S. The number of hydrogen-bond acceptors (Lipinski definition) is 4. The quantitative estimate of drug-likeness (QED) is 0.817. The van der Waals surface area contributed by atoms with Crippen LogP contribution >= 0.6 is 0 Å². The van der Waals surface area contributed by atoms with Gasteiger partial charge < -0.3 is 10.4 Å². The summed E-state index contributed by atoms with van der Waals surface area (Å²) >= 11 is 0. The highest BCUT2D eigenvalue weighted by Gasteiger charge is 2.31. The van der Waals surface area contributed by atoms with Crippen LogP contribution in [0.5, 0.6) is 0 Å². The summed E-state index contributed by atoms with van der Waals surface area (Å²) in [6.07, 6.45) is 1.92. The number of carbonyl (C=O) groups is 2. The van der Waals surface area contributed by atoms with Crippen LogP contribution in [0.1, 0.15) is 24.4 Å². The van der Waals surface area contributed by atoms with Gasteiger partial charge in [-0.2, -0.15) is 0 Å². The highest BCUT2D eigenvalue weighted by Crippen LogP contribution is 2.21. The number of carboxylic acid groups (broad SMARTS) is 1. The number of amides is 1. The van der Waals surface area contributed by atoms with Gasteiger partial charge in [0, 0.05) is 19.0 Å². The highest BCUT2D eigenvalue weighted by molar-refractivity contribution is 7.88. The van der Waals surface area contributed by atoms with Crippen LogP contribution in [-0.4, -0.2) is 49.1 Å². The van der Waals surface area contributed by atoms with Gasteiger partial charge in [-0.15, -0.1) is 0 Å². The van der Waals surface area contributed by atoms with E-state index in [1.807, 2.05) is 0 Å². The molecule has 1 atom stereocenters. The second-order valence-corrected chi connectivity index (χ2v) is 7.61. The molecule has 1 heterocycles. The van der Waals surface area contributed by atoms with Gasteiger partial charge in [0.15, 0.2) is 6.04 Å². The number of carbonyl (C=O) groups excluding carboxylic acids is 1.